The number of aryl methyl sites for hydroxylation is 1. The van der Waals surface area contributed by atoms with Crippen LogP contribution in [-0.2, 0) is 13.1 Å². The molecule has 0 fully saturated rings. The summed E-state index contributed by atoms with van der Waals surface area (Å²) in [6.45, 7) is 2.96. The van der Waals surface area contributed by atoms with Crippen molar-refractivity contribution in [3.63, 3.8) is 0 Å². The minimum absolute atomic E-state index is 0.0155. The first kappa shape index (κ1) is 15.0. The Morgan fingerprint density at radius 1 is 1.28 bits per heavy atom. The number of hydrogen-bond acceptors (Lipinski definition) is 2. The minimum atomic E-state index is -4.09. The molecule has 0 spiro atoms. The molecule has 0 atom stereocenters. The van der Waals surface area contributed by atoms with Gasteiger partial charge in [0.15, 0.2) is 0 Å². The molecule has 0 amide bonds. The highest BCUT2D eigenvalue weighted by Crippen LogP contribution is 2.20. The zero-order valence-corrected chi connectivity index (χ0v) is 10.7. The van der Waals surface area contributed by atoms with Gasteiger partial charge in [-0.15, -0.1) is 0 Å². The lowest BCUT2D eigenvalue weighted by molar-refractivity contribution is -0.137. The predicted octanol–water partition coefficient (Wildman–Crippen LogP) is 2.84. The maximum Gasteiger partial charge on any atom is 0.390 e. The third-order valence-electron chi connectivity index (χ3n) is 2.86. The average molecular weight is 260 g/mol. The maximum absolute atomic E-state index is 12.1. The first-order valence-electron chi connectivity index (χ1n) is 5.85. The first-order chi connectivity index (χ1) is 8.31. The van der Waals surface area contributed by atoms with Crippen LogP contribution in [0.5, 0.6) is 0 Å². The smallest absolute Gasteiger partial charge is 0.326 e. The normalized spacial score (nSPS) is 12.2. The van der Waals surface area contributed by atoms with Crippen LogP contribution in [0.2, 0.25) is 0 Å². The molecule has 18 heavy (non-hydrogen) atoms. The fourth-order valence-electron chi connectivity index (χ4n) is 1.75. The second-order valence-electron chi connectivity index (χ2n) is 4.57. The van der Waals surface area contributed by atoms with Crippen LogP contribution >= 0.6 is 0 Å². The second-order valence-corrected chi connectivity index (χ2v) is 4.57. The molecule has 0 unspecified atom stereocenters. The van der Waals surface area contributed by atoms with Crippen molar-refractivity contribution in [2.24, 2.45) is 5.73 Å². The largest absolute Gasteiger partial charge is 0.390 e. The lowest BCUT2D eigenvalue weighted by Crippen LogP contribution is -2.24. The highest BCUT2D eigenvalue weighted by molar-refractivity contribution is 5.30. The Labute approximate surface area is 106 Å². The molecule has 0 aliphatic carbocycles. The lowest BCUT2D eigenvalue weighted by Gasteiger charge is -2.19. The van der Waals surface area contributed by atoms with Crippen LogP contribution in [0.3, 0.4) is 0 Å². The maximum atomic E-state index is 12.1. The van der Waals surface area contributed by atoms with E-state index in [1.54, 1.807) is 11.9 Å². The Morgan fingerprint density at radius 3 is 2.44 bits per heavy atom. The quantitative estimate of drug-likeness (QED) is 0.882. The summed E-state index contributed by atoms with van der Waals surface area (Å²) in [5.74, 6) is 0. The number of rotatable bonds is 5. The molecule has 0 radical (unpaired) electrons. The van der Waals surface area contributed by atoms with Crippen LogP contribution in [-0.4, -0.2) is 24.7 Å². The zero-order chi connectivity index (χ0) is 13.8. The Hall–Kier alpha value is -1.07. The molecular weight excluding hydrogens is 241 g/mol. The summed E-state index contributed by atoms with van der Waals surface area (Å²) in [6, 6.07) is 5.83. The SMILES string of the molecule is Cc1cc(CN)ccc1CN(C)CCC(F)(F)F. The molecule has 0 aromatic heterocycles. The number of hydrogen-bond donors (Lipinski definition) is 1. The van der Waals surface area contributed by atoms with Crippen LogP contribution < -0.4 is 5.73 Å². The average Bonchev–Trinajstić information content (AvgIpc) is 2.28. The summed E-state index contributed by atoms with van der Waals surface area (Å²) in [4.78, 5) is 1.68. The van der Waals surface area contributed by atoms with E-state index in [4.69, 9.17) is 5.73 Å². The Balaban J connectivity index is 2.56. The van der Waals surface area contributed by atoms with Gasteiger partial charge in [-0.05, 0) is 30.7 Å². The Bertz CT molecular complexity index is 388. The molecule has 0 aliphatic rings. The molecule has 2 N–H and O–H groups in total. The van der Waals surface area contributed by atoms with Gasteiger partial charge in [0.1, 0.15) is 0 Å². The van der Waals surface area contributed by atoms with Crippen molar-refractivity contribution < 1.29 is 13.2 Å². The van der Waals surface area contributed by atoms with E-state index in [0.717, 1.165) is 16.7 Å². The van der Waals surface area contributed by atoms with Gasteiger partial charge in [0.05, 0.1) is 6.42 Å². The van der Waals surface area contributed by atoms with Gasteiger partial charge in [0.25, 0.3) is 0 Å². The van der Waals surface area contributed by atoms with E-state index in [2.05, 4.69) is 0 Å². The van der Waals surface area contributed by atoms with E-state index in [1.807, 2.05) is 25.1 Å². The predicted molar refractivity (Wildman–Crippen MR) is 66.1 cm³/mol. The van der Waals surface area contributed by atoms with E-state index in [1.165, 1.54) is 0 Å². The lowest BCUT2D eigenvalue weighted by atomic mass is 10.0. The van der Waals surface area contributed by atoms with Crippen molar-refractivity contribution >= 4 is 0 Å². The van der Waals surface area contributed by atoms with E-state index >= 15 is 0 Å². The third-order valence-corrected chi connectivity index (χ3v) is 2.86. The van der Waals surface area contributed by atoms with E-state index in [0.29, 0.717) is 13.1 Å². The standard InChI is InChI=1S/C13H19F3N2/c1-10-7-11(8-17)3-4-12(10)9-18(2)6-5-13(14,15)16/h3-4,7H,5-6,8-9,17H2,1-2H3. The van der Waals surface area contributed by atoms with Crippen molar-refractivity contribution in [3.8, 4) is 0 Å². The molecule has 2 nitrogen and oxygen atoms in total. The molecule has 1 aromatic rings. The number of alkyl halides is 3. The van der Waals surface area contributed by atoms with Gasteiger partial charge in [-0.3, -0.25) is 0 Å². The van der Waals surface area contributed by atoms with Gasteiger partial charge in [0.2, 0.25) is 0 Å². The van der Waals surface area contributed by atoms with Gasteiger partial charge in [-0.25, -0.2) is 0 Å². The van der Waals surface area contributed by atoms with Crippen LogP contribution in [0.1, 0.15) is 23.1 Å². The second kappa shape index (κ2) is 6.20. The van der Waals surface area contributed by atoms with E-state index < -0.39 is 12.6 Å². The number of nitrogens with zero attached hydrogens (tertiary/aromatic N) is 1. The molecule has 1 rings (SSSR count). The Kier molecular flexibility index (Phi) is 5.16. The van der Waals surface area contributed by atoms with Crippen LogP contribution in [0.15, 0.2) is 18.2 Å². The highest BCUT2D eigenvalue weighted by atomic mass is 19.4. The minimum Gasteiger partial charge on any atom is -0.326 e. The number of benzene rings is 1. The Morgan fingerprint density at radius 2 is 1.94 bits per heavy atom. The molecule has 1 aromatic carbocycles. The summed E-state index contributed by atoms with van der Waals surface area (Å²) >= 11 is 0. The van der Waals surface area contributed by atoms with Gasteiger partial charge in [-0.1, -0.05) is 18.2 Å². The molecule has 0 aliphatic heterocycles. The molecule has 5 heteroatoms. The topological polar surface area (TPSA) is 29.3 Å². The van der Waals surface area contributed by atoms with Gasteiger partial charge in [-0.2, -0.15) is 13.2 Å². The first-order valence-corrected chi connectivity index (χ1v) is 5.85. The summed E-state index contributed by atoms with van der Waals surface area (Å²) in [5, 5.41) is 0. The number of halogens is 3. The van der Waals surface area contributed by atoms with E-state index in [-0.39, 0.29) is 6.54 Å². The van der Waals surface area contributed by atoms with Crippen molar-refractivity contribution in [3.05, 3.63) is 34.9 Å². The summed E-state index contributed by atoms with van der Waals surface area (Å²) in [7, 11) is 1.70. The summed E-state index contributed by atoms with van der Waals surface area (Å²) < 4.78 is 36.3. The van der Waals surface area contributed by atoms with Gasteiger partial charge >= 0.3 is 6.18 Å². The van der Waals surface area contributed by atoms with Crippen LogP contribution in [0, 0.1) is 6.92 Å². The molecule has 0 bridgehead atoms. The molecule has 0 heterocycles. The summed E-state index contributed by atoms with van der Waals surface area (Å²) in [5.41, 5.74) is 8.67. The third kappa shape index (κ3) is 5.06. The van der Waals surface area contributed by atoms with Gasteiger partial charge in [0, 0.05) is 19.6 Å². The van der Waals surface area contributed by atoms with Crippen molar-refractivity contribution in [1.82, 2.24) is 4.90 Å². The fraction of sp³-hybridized carbons (Fsp3) is 0.538. The molecule has 102 valence electrons. The van der Waals surface area contributed by atoms with Crippen molar-refractivity contribution in [2.45, 2.75) is 32.6 Å². The van der Waals surface area contributed by atoms with Crippen LogP contribution in [0.25, 0.3) is 0 Å². The molecular formula is C13H19F3N2. The van der Waals surface area contributed by atoms with Crippen LogP contribution in [0.4, 0.5) is 13.2 Å². The van der Waals surface area contributed by atoms with E-state index in [9.17, 15) is 13.2 Å². The van der Waals surface area contributed by atoms with Crippen molar-refractivity contribution in [1.29, 1.82) is 0 Å². The fourth-order valence-corrected chi connectivity index (χ4v) is 1.75. The number of nitrogens with two attached hydrogens (primary N) is 1. The van der Waals surface area contributed by atoms with Gasteiger partial charge < -0.3 is 10.6 Å². The monoisotopic (exact) mass is 260 g/mol. The summed E-state index contributed by atoms with van der Waals surface area (Å²) in [6.07, 6.45) is -4.86. The molecule has 0 saturated heterocycles. The van der Waals surface area contributed by atoms with Crippen molar-refractivity contribution in [2.75, 3.05) is 13.6 Å². The highest BCUT2D eigenvalue weighted by Gasteiger charge is 2.27. The zero-order valence-electron chi connectivity index (χ0n) is 10.7. The molecule has 0 saturated carbocycles.